The average molecular weight is 355 g/mol. The zero-order chi connectivity index (χ0) is 18.9. The molecule has 1 N–H and O–H groups in total. The molecule has 0 spiro atoms. The maximum Gasteiger partial charge on any atom is 0.338 e. The molecule has 2 rings (SSSR count). The fourth-order valence-corrected chi connectivity index (χ4v) is 2.12. The van der Waals surface area contributed by atoms with E-state index in [4.69, 9.17) is 9.47 Å². The van der Waals surface area contributed by atoms with Crippen LogP contribution in [0, 0.1) is 0 Å². The van der Waals surface area contributed by atoms with Crippen molar-refractivity contribution in [3.63, 3.8) is 0 Å². The molecule has 0 radical (unpaired) electrons. The molecule has 0 aliphatic carbocycles. The number of benzene rings is 2. The minimum atomic E-state index is -0.465. The third-order valence-electron chi connectivity index (χ3n) is 3.56. The molecule has 0 saturated carbocycles. The summed E-state index contributed by atoms with van der Waals surface area (Å²) in [6.07, 6.45) is 0.388. The van der Waals surface area contributed by atoms with Crippen LogP contribution in [-0.4, -0.2) is 24.5 Å². The van der Waals surface area contributed by atoms with E-state index in [2.05, 4.69) is 5.32 Å². The Bertz CT molecular complexity index is 766. The first kappa shape index (κ1) is 19.2. The normalized spacial score (nSPS) is 10.1. The van der Waals surface area contributed by atoms with Crippen molar-refractivity contribution >= 4 is 23.5 Å². The van der Waals surface area contributed by atoms with Gasteiger partial charge in [-0.1, -0.05) is 19.1 Å². The van der Waals surface area contributed by atoms with Gasteiger partial charge in [0.05, 0.1) is 17.7 Å². The van der Waals surface area contributed by atoms with E-state index >= 15 is 0 Å². The number of nitrogens with one attached hydrogen (secondary N) is 1. The summed E-state index contributed by atoms with van der Waals surface area (Å²) in [6, 6.07) is 13.2. The summed E-state index contributed by atoms with van der Waals surface area (Å²) < 4.78 is 10.2. The molecule has 0 atom stereocenters. The van der Waals surface area contributed by atoms with Gasteiger partial charge in [0.2, 0.25) is 5.91 Å². The van der Waals surface area contributed by atoms with Crippen LogP contribution in [0.15, 0.2) is 48.5 Å². The molecule has 0 aliphatic heterocycles. The Morgan fingerprint density at radius 2 is 1.35 bits per heavy atom. The molecule has 0 aliphatic rings. The molecular weight excluding hydrogens is 334 g/mol. The zero-order valence-electron chi connectivity index (χ0n) is 14.8. The standard InChI is InChI=1S/C20H21NO5/c1-3-18(22)21-17-11-9-16(10-12-17)20(24)26-13-14-5-7-15(8-6-14)19(23)25-4-2/h5-12H,3-4,13H2,1-2H3,(H,21,22). The molecule has 0 unspecified atom stereocenters. The summed E-state index contributed by atoms with van der Waals surface area (Å²) >= 11 is 0. The summed E-state index contributed by atoms with van der Waals surface area (Å²) in [6.45, 7) is 3.92. The Hall–Kier alpha value is -3.15. The van der Waals surface area contributed by atoms with Gasteiger partial charge in [-0.05, 0) is 48.9 Å². The number of carbonyl (C=O) groups excluding carboxylic acids is 3. The molecule has 0 bridgehead atoms. The Kier molecular flexibility index (Phi) is 6.91. The summed E-state index contributed by atoms with van der Waals surface area (Å²) in [4.78, 5) is 35.0. The molecule has 6 nitrogen and oxygen atoms in total. The zero-order valence-corrected chi connectivity index (χ0v) is 14.8. The van der Waals surface area contributed by atoms with Gasteiger partial charge in [-0.15, -0.1) is 0 Å². The smallest absolute Gasteiger partial charge is 0.338 e. The number of carbonyl (C=O) groups is 3. The van der Waals surface area contributed by atoms with Gasteiger partial charge in [0.25, 0.3) is 0 Å². The Morgan fingerprint density at radius 3 is 1.88 bits per heavy atom. The van der Waals surface area contributed by atoms with E-state index in [0.29, 0.717) is 29.8 Å². The number of rotatable bonds is 7. The molecule has 6 heteroatoms. The highest BCUT2D eigenvalue weighted by molar-refractivity contribution is 5.93. The Balaban J connectivity index is 1.90. The lowest BCUT2D eigenvalue weighted by Crippen LogP contribution is -2.10. The van der Waals surface area contributed by atoms with Gasteiger partial charge < -0.3 is 14.8 Å². The molecule has 0 saturated heterocycles. The fourth-order valence-electron chi connectivity index (χ4n) is 2.12. The van der Waals surface area contributed by atoms with Crippen LogP contribution in [0.5, 0.6) is 0 Å². The molecule has 0 heterocycles. The highest BCUT2D eigenvalue weighted by Gasteiger charge is 2.09. The monoisotopic (exact) mass is 355 g/mol. The topological polar surface area (TPSA) is 81.7 Å². The Morgan fingerprint density at radius 1 is 0.808 bits per heavy atom. The first-order valence-corrected chi connectivity index (χ1v) is 8.36. The van der Waals surface area contributed by atoms with Crippen LogP contribution in [0.2, 0.25) is 0 Å². The first-order valence-electron chi connectivity index (χ1n) is 8.36. The Labute approximate surface area is 152 Å². The third-order valence-corrected chi connectivity index (χ3v) is 3.56. The van der Waals surface area contributed by atoms with Crippen molar-refractivity contribution in [2.24, 2.45) is 0 Å². The van der Waals surface area contributed by atoms with Crippen LogP contribution in [-0.2, 0) is 20.9 Å². The molecule has 26 heavy (non-hydrogen) atoms. The minimum absolute atomic E-state index is 0.0911. The second-order valence-corrected chi connectivity index (χ2v) is 5.47. The van der Waals surface area contributed by atoms with Crippen LogP contribution in [0.1, 0.15) is 46.5 Å². The van der Waals surface area contributed by atoms with E-state index in [9.17, 15) is 14.4 Å². The van der Waals surface area contributed by atoms with Crippen LogP contribution in [0.4, 0.5) is 5.69 Å². The van der Waals surface area contributed by atoms with Crippen molar-refractivity contribution in [2.75, 3.05) is 11.9 Å². The van der Waals surface area contributed by atoms with Crippen molar-refractivity contribution in [3.8, 4) is 0 Å². The van der Waals surface area contributed by atoms with Gasteiger partial charge in [-0.3, -0.25) is 4.79 Å². The van der Waals surface area contributed by atoms with Crippen LogP contribution in [0.25, 0.3) is 0 Å². The number of esters is 2. The predicted molar refractivity (Wildman–Crippen MR) is 96.9 cm³/mol. The largest absolute Gasteiger partial charge is 0.462 e. The highest BCUT2D eigenvalue weighted by atomic mass is 16.5. The molecule has 1 amide bonds. The summed E-state index contributed by atoms with van der Waals surface area (Å²) in [5, 5.41) is 2.71. The average Bonchev–Trinajstić information content (AvgIpc) is 2.67. The van der Waals surface area contributed by atoms with Gasteiger partial charge in [-0.2, -0.15) is 0 Å². The van der Waals surface area contributed by atoms with Crippen LogP contribution < -0.4 is 5.32 Å². The molecule has 0 fully saturated rings. The lowest BCUT2D eigenvalue weighted by Gasteiger charge is -2.07. The van der Waals surface area contributed by atoms with Crippen molar-refractivity contribution in [1.29, 1.82) is 0 Å². The maximum atomic E-state index is 12.1. The van der Waals surface area contributed by atoms with Gasteiger partial charge in [0, 0.05) is 12.1 Å². The SMILES string of the molecule is CCOC(=O)c1ccc(COC(=O)c2ccc(NC(=O)CC)cc2)cc1. The molecular formula is C20H21NO5. The number of anilines is 1. The molecule has 136 valence electrons. The van der Waals surface area contributed by atoms with E-state index in [1.807, 2.05) is 0 Å². The fraction of sp³-hybridized carbons (Fsp3) is 0.250. The minimum Gasteiger partial charge on any atom is -0.462 e. The van der Waals surface area contributed by atoms with Gasteiger partial charge >= 0.3 is 11.9 Å². The number of hydrogen-bond donors (Lipinski definition) is 1. The van der Waals surface area contributed by atoms with E-state index < -0.39 is 5.97 Å². The highest BCUT2D eigenvalue weighted by Crippen LogP contribution is 2.13. The first-order chi connectivity index (χ1) is 12.5. The van der Waals surface area contributed by atoms with Crippen LogP contribution >= 0.6 is 0 Å². The van der Waals surface area contributed by atoms with E-state index in [1.165, 1.54) is 0 Å². The summed E-state index contributed by atoms with van der Waals surface area (Å²) in [5.74, 6) is -0.939. The summed E-state index contributed by atoms with van der Waals surface area (Å²) in [7, 11) is 0. The quantitative estimate of drug-likeness (QED) is 0.768. The predicted octanol–water partition coefficient (Wildman–Crippen LogP) is 3.57. The molecule has 0 aromatic heterocycles. The van der Waals surface area contributed by atoms with Gasteiger partial charge in [0.15, 0.2) is 0 Å². The number of amides is 1. The lowest BCUT2D eigenvalue weighted by atomic mass is 10.1. The van der Waals surface area contributed by atoms with E-state index in [0.717, 1.165) is 5.56 Å². The third kappa shape index (κ3) is 5.44. The number of ether oxygens (including phenoxy) is 2. The van der Waals surface area contributed by atoms with Gasteiger partial charge in [-0.25, -0.2) is 9.59 Å². The van der Waals surface area contributed by atoms with Crippen molar-refractivity contribution in [2.45, 2.75) is 26.9 Å². The van der Waals surface area contributed by atoms with Crippen molar-refractivity contribution in [1.82, 2.24) is 0 Å². The van der Waals surface area contributed by atoms with Crippen molar-refractivity contribution < 1.29 is 23.9 Å². The van der Waals surface area contributed by atoms with Crippen LogP contribution in [0.3, 0.4) is 0 Å². The molecule has 2 aromatic rings. The maximum absolute atomic E-state index is 12.1. The summed E-state index contributed by atoms with van der Waals surface area (Å²) in [5.41, 5.74) is 2.23. The lowest BCUT2D eigenvalue weighted by molar-refractivity contribution is -0.115. The van der Waals surface area contributed by atoms with Gasteiger partial charge in [0.1, 0.15) is 6.61 Å². The second-order valence-electron chi connectivity index (χ2n) is 5.47. The van der Waals surface area contributed by atoms with E-state index in [-0.39, 0.29) is 18.5 Å². The number of hydrogen-bond acceptors (Lipinski definition) is 5. The second kappa shape index (κ2) is 9.36. The van der Waals surface area contributed by atoms with Crippen molar-refractivity contribution in [3.05, 3.63) is 65.2 Å². The van der Waals surface area contributed by atoms with E-state index in [1.54, 1.807) is 62.4 Å². The molecule has 2 aromatic carbocycles.